The standard InChI is InChI=1S/C25H28N2O5/c1-15(23(28)26-13-16-7-6-12-17(16)24(29)30)27-25(31)32-14-22-20-10-4-2-8-18(20)19-9-3-5-11-21(19)22/h2-5,8-11,15-17,22H,6-7,12-14H2,1H3,(H,26,28)(H,27,31)(H,29,30)/t15-,16+,17+/m1/s1. The minimum atomic E-state index is -0.813. The van der Waals surface area contributed by atoms with Gasteiger partial charge in [-0.25, -0.2) is 4.79 Å². The summed E-state index contributed by atoms with van der Waals surface area (Å²) in [6.45, 7) is 2.06. The number of carbonyl (C=O) groups is 3. The number of alkyl carbamates (subject to hydrolysis) is 1. The maximum Gasteiger partial charge on any atom is 0.407 e. The lowest BCUT2D eigenvalue weighted by Crippen LogP contribution is -2.46. The molecule has 2 aromatic rings. The number of benzene rings is 2. The average Bonchev–Trinajstić information content (AvgIpc) is 3.39. The highest BCUT2D eigenvalue weighted by molar-refractivity contribution is 5.85. The van der Waals surface area contributed by atoms with Gasteiger partial charge >= 0.3 is 12.1 Å². The van der Waals surface area contributed by atoms with Crippen LogP contribution in [0.25, 0.3) is 11.1 Å². The third-order valence-corrected chi connectivity index (χ3v) is 6.59. The van der Waals surface area contributed by atoms with E-state index in [-0.39, 0.29) is 24.3 Å². The summed E-state index contributed by atoms with van der Waals surface area (Å²) >= 11 is 0. The summed E-state index contributed by atoms with van der Waals surface area (Å²) in [4.78, 5) is 36.0. The Bertz CT molecular complexity index is 975. The lowest BCUT2D eigenvalue weighted by atomic mass is 9.96. The molecule has 0 bridgehead atoms. The molecule has 32 heavy (non-hydrogen) atoms. The van der Waals surface area contributed by atoms with Crippen molar-refractivity contribution < 1.29 is 24.2 Å². The molecule has 0 saturated heterocycles. The van der Waals surface area contributed by atoms with Crippen molar-refractivity contribution in [2.75, 3.05) is 13.2 Å². The van der Waals surface area contributed by atoms with Gasteiger partial charge in [-0.15, -0.1) is 0 Å². The largest absolute Gasteiger partial charge is 0.481 e. The molecule has 2 aromatic carbocycles. The molecule has 1 saturated carbocycles. The first kappa shape index (κ1) is 21.9. The number of hydrogen-bond acceptors (Lipinski definition) is 4. The van der Waals surface area contributed by atoms with Gasteiger partial charge in [0.25, 0.3) is 0 Å². The Hall–Kier alpha value is -3.35. The first-order valence-electron chi connectivity index (χ1n) is 11.1. The summed E-state index contributed by atoms with van der Waals surface area (Å²) in [7, 11) is 0. The maximum atomic E-state index is 12.4. The second-order valence-electron chi connectivity index (χ2n) is 8.57. The number of ether oxygens (including phenoxy) is 1. The zero-order valence-corrected chi connectivity index (χ0v) is 18.0. The Morgan fingerprint density at radius 3 is 2.28 bits per heavy atom. The normalized spacial score (nSPS) is 20.2. The van der Waals surface area contributed by atoms with Crippen LogP contribution in [0.3, 0.4) is 0 Å². The van der Waals surface area contributed by atoms with E-state index < -0.39 is 24.0 Å². The average molecular weight is 437 g/mol. The lowest BCUT2D eigenvalue weighted by molar-refractivity contribution is -0.143. The summed E-state index contributed by atoms with van der Waals surface area (Å²) in [5, 5.41) is 14.6. The molecule has 4 rings (SSSR count). The number of carboxylic acids is 1. The molecular formula is C25H28N2O5. The van der Waals surface area contributed by atoms with Crippen molar-refractivity contribution in [1.82, 2.24) is 10.6 Å². The van der Waals surface area contributed by atoms with Crippen LogP contribution in [-0.2, 0) is 14.3 Å². The van der Waals surface area contributed by atoms with Crippen LogP contribution in [0.5, 0.6) is 0 Å². The zero-order valence-electron chi connectivity index (χ0n) is 18.0. The molecule has 1 fully saturated rings. The summed E-state index contributed by atoms with van der Waals surface area (Å²) in [5.74, 6) is -1.70. The zero-order chi connectivity index (χ0) is 22.7. The van der Waals surface area contributed by atoms with Crippen LogP contribution >= 0.6 is 0 Å². The lowest BCUT2D eigenvalue weighted by Gasteiger charge is -2.19. The Kier molecular flexibility index (Phi) is 6.44. The first-order chi connectivity index (χ1) is 15.5. The quantitative estimate of drug-likeness (QED) is 0.616. The third-order valence-electron chi connectivity index (χ3n) is 6.59. The summed E-state index contributed by atoms with van der Waals surface area (Å²) in [6, 6.07) is 15.4. The van der Waals surface area contributed by atoms with E-state index in [2.05, 4.69) is 22.8 Å². The van der Waals surface area contributed by atoms with E-state index in [1.165, 1.54) is 0 Å². The van der Waals surface area contributed by atoms with Crippen LogP contribution < -0.4 is 10.6 Å². The highest BCUT2D eigenvalue weighted by atomic mass is 16.5. The van der Waals surface area contributed by atoms with E-state index in [4.69, 9.17) is 4.74 Å². The molecule has 168 valence electrons. The van der Waals surface area contributed by atoms with E-state index >= 15 is 0 Å². The monoisotopic (exact) mass is 436 g/mol. The number of hydrogen-bond donors (Lipinski definition) is 3. The molecule has 0 aliphatic heterocycles. The van der Waals surface area contributed by atoms with Gasteiger partial charge in [0, 0.05) is 12.5 Å². The second kappa shape index (κ2) is 9.42. The van der Waals surface area contributed by atoms with Crippen LogP contribution in [0, 0.1) is 11.8 Å². The molecule has 0 spiro atoms. The molecule has 3 atom stereocenters. The van der Waals surface area contributed by atoms with Crippen molar-refractivity contribution in [1.29, 1.82) is 0 Å². The molecule has 2 aliphatic rings. The molecule has 3 N–H and O–H groups in total. The molecule has 7 heteroatoms. The predicted molar refractivity (Wildman–Crippen MR) is 119 cm³/mol. The van der Waals surface area contributed by atoms with Crippen molar-refractivity contribution in [3.05, 3.63) is 59.7 Å². The van der Waals surface area contributed by atoms with Crippen LogP contribution in [0.15, 0.2) is 48.5 Å². The predicted octanol–water partition coefficient (Wildman–Crippen LogP) is 3.53. The van der Waals surface area contributed by atoms with Crippen LogP contribution in [-0.4, -0.2) is 42.3 Å². The smallest absolute Gasteiger partial charge is 0.407 e. The van der Waals surface area contributed by atoms with Crippen LogP contribution in [0.4, 0.5) is 4.79 Å². The van der Waals surface area contributed by atoms with Crippen molar-refractivity contribution in [3.8, 4) is 11.1 Å². The van der Waals surface area contributed by atoms with E-state index in [1.807, 2.05) is 36.4 Å². The SMILES string of the molecule is C[C@@H](NC(=O)OCC1c2ccccc2-c2ccccc21)C(=O)NC[C@@H]1CCC[C@@H]1C(=O)O. The van der Waals surface area contributed by atoms with Gasteiger partial charge in [-0.05, 0) is 47.9 Å². The molecule has 2 amide bonds. The molecule has 2 aliphatic carbocycles. The number of rotatable bonds is 7. The number of carboxylic acid groups (broad SMARTS) is 1. The Balaban J connectivity index is 1.29. The minimum Gasteiger partial charge on any atom is -0.481 e. The molecule has 0 heterocycles. The van der Waals surface area contributed by atoms with Gasteiger partial charge in [0.15, 0.2) is 0 Å². The highest BCUT2D eigenvalue weighted by Crippen LogP contribution is 2.44. The molecule has 7 nitrogen and oxygen atoms in total. The van der Waals surface area contributed by atoms with Gasteiger partial charge < -0.3 is 20.5 Å². The Morgan fingerprint density at radius 1 is 1.03 bits per heavy atom. The van der Waals surface area contributed by atoms with Gasteiger partial charge in [-0.1, -0.05) is 55.0 Å². The fraction of sp³-hybridized carbons (Fsp3) is 0.400. The van der Waals surface area contributed by atoms with Crippen molar-refractivity contribution in [2.24, 2.45) is 11.8 Å². The summed E-state index contributed by atoms with van der Waals surface area (Å²) in [5.41, 5.74) is 4.54. The van der Waals surface area contributed by atoms with E-state index in [0.29, 0.717) is 13.0 Å². The molecule has 0 aromatic heterocycles. The Labute approximate surface area is 187 Å². The number of fused-ring (bicyclic) bond motifs is 3. The van der Waals surface area contributed by atoms with Gasteiger partial charge in [0.1, 0.15) is 12.6 Å². The fourth-order valence-electron chi connectivity index (χ4n) is 4.87. The highest BCUT2D eigenvalue weighted by Gasteiger charge is 2.33. The van der Waals surface area contributed by atoms with Crippen molar-refractivity contribution >= 4 is 18.0 Å². The Morgan fingerprint density at radius 2 is 1.66 bits per heavy atom. The second-order valence-corrected chi connectivity index (χ2v) is 8.57. The van der Waals surface area contributed by atoms with Gasteiger partial charge in [-0.2, -0.15) is 0 Å². The number of amides is 2. The number of carbonyl (C=O) groups excluding carboxylic acids is 2. The molecule has 0 radical (unpaired) electrons. The summed E-state index contributed by atoms with van der Waals surface area (Å²) in [6.07, 6.45) is 1.62. The van der Waals surface area contributed by atoms with Crippen molar-refractivity contribution in [2.45, 2.75) is 38.1 Å². The van der Waals surface area contributed by atoms with E-state index in [1.54, 1.807) is 6.92 Å². The molecule has 0 unspecified atom stereocenters. The van der Waals surface area contributed by atoms with Crippen molar-refractivity contribution in [3.63, 3.8) is 0 Å². The number of aliphatic carboxylic acids is 1. The first-order valence-corrected chi connectivity index (χ1v) is 11.1. The number of nitrogens with one attached hydrogen (secondary N) is 2. The maximum absolute atomic E-state index is 12.4. The van der Waals surface area contributed by atoms with Crippen LogP contribution in [0.2, 0.25) is 0 Å². The minimum absolute atomic E-state index is 0.0485. The van der Waals surface area contributed by atoms with E-state index in [9.17, 15) is 19.5 Å². The topological polar surface area (TPSA) is 105 Å². The van der Waals surface area contributed by atoms with Gasteiger partial charge in [-0.3, -0.25) is 9.59 Å². The van der Waals surface area contributed by atoms with Crippen LogP contribution in [0.1, 0.15) is 43.2 Å². The fourth-order valence-corrected chi connectivity index (χ4v) is 4.87. The van der Waals surface area contributed by atoms with Gasteiger partial charge in [0.2, 0.25) is 5.91 Å². The third kappa shape index (κ3) is 4.47. The molecular weight excluding hydrogens is 408 g/mol. The van der Waals surface area contributed by atoms with E-state index in [0.717, 1.165) is 35.1 Å². The summed E-state index contributed by atoms with van der Waals surface area (Å²) < 4.78 is 5.48. The van der Waals surface area contributed by atoms with Gasteiger partial charge in [0.05, 0.1) is 5.92 Å².